The standard InChI is InChI=1S/C12H16N2O4/c1-7-6-9(12(3,4)5)11(14(17)18)8(2)10(7)13(15)16/h6H,1-5H3. The van der Waals surface area contributed by atoms with E-state index in [0.29, 0.717) is 11.1 Å². The molecule has 0 bridgehead atoms. The summed E-state index contributed by atoms with van der Waals surface area (Å²) in [7, 11) is 0. The predicted molar refractivity (Wildman–Crippen MR) is 67.9 cm³/mol. The van der Waals surface area contributed by atoms with Gasteiger partial charge in [-0.25, -0.2) is 0 Å². The molecule has 0 N–H and O–H groups in total. The molecule has 0 aliphatic rings. The molecule has 0 amide bonds. The van der Waals surface area contributed by atoms with E-state index < -0.39 is 15.3 Å². The summed E-state index contributed by atoms with van der Waals surface area (Å²) in [6, 6.07) is 1.54. The van der Waals surface area contributed by atoms with Gasteiger partial charge in [-0.1, -0.05) is 20.8 Å². The fraction of sp³-hybridized carbons (Fsp3) is 0.500. The molecule has 0 unspecified atom stereocenters. The lowest BCUT2D eigenvalue weighted by molar-refractivity contribution is -0.396. The van der Waals surface area contributed by atoms with Crippen LogP contribution in [0.25, 0.3) is 0 Å². The molecule has 0 aromatic heterocycles. The lowest BCUT2D eigenvalue weighted by atomic mass is 9.83. The quantitative estimate of drug-likeness (QED) is 0.596. The summed E-state index contributed by atoms with van der Waals surface area (Å²) in [5.41, 5.74) is 0.332. The number of nitro groups is 2. The predicted octanol–water partition coefficient (Wildman–Crippen LogP) is 3.42. The molecule has 0 heterocycles. The highest BCUT2D eigenvalue weighted by Gasteiger charge is 2.33. The van der Waals surface area contributed by atoms with Crippen molar-refractivity contribution >= 4 is 11.4 Å². The van der Waals surface area contributed by atoms with Crippen molar-refractivity contribution in [3.05, 3.63) is 43.0 Å². The van der Waals surface area contributed by atoms with E-state index in [-0.39, 0.29) is 16.9 Å². The molecule has 0 spiro atoms. The van der Waals surface area contributed by atoms with E-state index in [1.54, 1.807) is 13.0 Å². The highest BCUT2D eigenvalue weighted by molar-refractivity contribution is 5.63. The zero-order valence-corrected chi connectivity index (χ0v) is 11.1. The Morgan fingerprint density at radius 1 is 1.00 bits per heavy atom. The lowest BCUT2D eigenvalue weighted by Gasteiger charge is -2.20. The Hall–Kier alpha value is -1.98. The lowest BCUT2D eigenvalue weighted by Crippen LogP contribution is -2.16. The van der Waals surface area contributed by atoms with Crippen LogP contribution in [0.3, 0.4) is 0 Å². The molecule has 0 atom stereocenters. The van der Waals surface area contributed by atoms with Gasteiger partial charge in [0.25, 0.3) is 11.4 Å². The van der Waals surface area contributed by atoms with Crippen LogP contribution in [0.2, 0.25) is 0 Å². The van der Waals surface area contributed by atoms with Crippen molar-refractivity contribution in [3.8, 4) is 0 Å². The van der Waals surface area contributed by atoms with Crippen LogP contribution in [0.1, 0.15) is 37.5 Å². The van der Waals surface area contributed by atoms with Gasteiger partial charge in [0.15, 0.2) is 0 Å². The second-order valence-corrected chi connectivity index (χ2v) is 5.33. The van der Waals surface area contributed by atoms with E-state index in [2.05, 4.69) is 0 Å². The molecule has 0 aliphatic heterocycles. The SMILES string of the molecule is Cc1cc(C(C)(C)C)c([N+](=O)[O-])c(C)c1[N+](=O)[O-]. The number of hydrogen-bond donors (Lipinski definition) is 0. The molecule has 18 heavy (non-hydrogen) atoms. The fourth-order valence-electron chi connectivity index (χ4n) is 2.05. The van der Waals surface area contributed by atoms with Crippen molar-refractivity contribution in [2.45, 2.75) is 40.0 Å². The molecule has 98 valence electrons. The number of nitrogens with zero attached hydrogens (tertiary/aromatic N) is 2. The summed E-state index contributed by atoms with van der Waals surface area (Å²) in [5.74, 6) is 0. The first-order valence-electron chi connectivity index (χ1n) is 5.50. The molecule has 0 radical (unpaired) electrons. The zero-order chi connectivity index (χ0) is 14.2. The van der Waals surface area contributed by atoms with Crippen LogP contribution < -0.4 is 0 Å². The Morgan fingerprint density at radius 2 is 1.44 bits per heavy atom. The minimum Gasteiger partial charge on any atom is -0.258 e. The molecule has 0 fully saturated rings. The molecule has 0 saturated carbocycles. The summed E-state index contributed by atoms with van der Waals surface area (Å²) in [6.45, 7) is 8.57. The summed E-state index contributed by atoms with van der Waals surface area (Å²) in [6.07, 6.45) is 0. The first-order chi connectivity index (χ1) is 8.07. The minimum atomic E-state index is -0.565. The number of rotatable bonds is 2. The maximum Gasteiger partial charge on any atom is 0.282 e. The number of aryl methyl sites for hydroxylation is 1. The van der Waals surface area contributed by atoms with E-state index in [4.69, 9.17) is 0 Å². The summed E-state index contributed by atoms with van der Waals surface area (Å²) >= 11 is 0. The fourth-order valence-corrected chi connectivity index (χ4v) is 2.05. The average Bonchev–Trinajstić information content (AvgIpc) is 2.13. The van der Waals surface area contributed by atoms with Gasteiger partial charge in [-0.3, -0.25) is 20.2 Å². The van der Waals surface area contributed by atoms with Gasteiger partial charge in [0.05, 0.1) is 9.85 Å². The molecular formula is C12H16N2O4. The molecule has 1 aromatic rings. The largest absolute Gasteiger partial charge is 0.282 e. The molecule has 1 aromatic carbocycles. The Balaban J connectivity index is 3.78. The minimum absolute atomic E-state index is 0.120. The second-order valence-electron chi connectivity index (χ2n) is 5.33. The summed E-state index contributed by atoms with van der Waals surface area (Å²) in [4.78, 5) is 21.0. The average molecular weight is 252 g/mol. The highest BCUT2D eigenvalue weighted by Crippen LogP contribution is 2.39. The van der Waals surface area contributed by atoms with Crippen molar-refractivity contribution in [3.63, 3.8) is 0 Å². The van der Waals surface area contributed by atoms with E-state index in [9.17, 15) is 20.2 Å². The van der Waals surface area contributed by atoms with Gasteiger partial charge >= 0.3 is 0 Å². The summed E-state index contributed by atoms with van der Waals surface area (Å²) < 4.78 is 0. The maximum atomic E-state index is 11.2. The van der Waals surface area contributed by atoms with Crippen LogP contribution in [0.5, 0.6) is 0 Å². The van der Waals surface area contributed by atoms with Gasteiger partial charge in [0.2, 0.25) is 0 Å². The Kier molecular flexibility index (Phi) is 3.41. The number of benzene rings is 1. The highest BCUT2D eigenvalue weighted by atomic mass is 16.6. The molecule has 6 nitrogen and oxygen atoms in total. The van der Waals surface area contributed by atoms with Crippen LogP contribution in [0.15, 0.2) is 6.07 Å². The molecule has 1 rings (SSSR count). The smallest absolute Gasteiger partial charge is 0.258 e. The monoisotopic (exact) mass is 252 g/mol. The van der Waals surface area contributed by atoms with Crippen molar-refractivity contribution in [2.24, 2.45) is 0 Å². The Labute approximate surface area is 105 Å². The van der Waals surface area contributed by atoms with Crippen molar-refractivity contribution in [1.82, 2.24) is 0 Å². The number of nitro benzene ring substituents is 2. The third kappa shape index (κ3) is 2.32. The van der Waals surface area contributed by atoms with E-state index >= 15 is 0 Å². The van der Waals surface area contributed by atoms with Crippen LogP contribution in [-0.2, 0) is 5.41 Å². The van der Waals surface area contributed by atoms with Gasteiger partial charge in [-0.05, 0) is 25.3 Å². The zero-order valence-electron chi connectivity index (χ0n) is 11.1. The third-order valence-corrected chi connectivity index (χ3v) is 2.87. The molecule has 0 aliphatic carbocycles. The van der Waals surface area contributed by atoms with Gasteiger partial charge < -0.3 is 0 Å². The first kappa shape index (κ1) is 14.1. The van der Waals surface area contributed by atoms with Crippen LogP contribution >= 0.6 is 0 Å². The van der Waals surface area contributed by atoms with E-state index in [1.165, 1.54) is 6.92 Å². The second kappa shape index (κ2) is 4.36. The third-order valence-electron chi connectivity index (χ3n) is 2.87. The van der Waals surface area contributed by atoms with E-state index in [1.807, 2.05) is 20.8 Å². The van der Waals surface area contributed by atoms with Crippen LogP contribution in [0.4, 0.5) is 11.4 Å². The molecule has 6 heteroatoms. The van der Waals surface area contributed by atoms with Gasteiger partial charge in [-0.15, -0.1) is 0 Å². The maximum absolute atomic E-state index is 11.2. The Morgan fingerprint density at radius 3 is 1.78 bits per heavy atom. The van der Waals surface area contributed by atoms with Crippen molar-refractivity contribution in [1.29, 1.82) is 0 Å². The normalized spacial score (nSPS) is 11.4. The summed E-state index contributed by atoms with van der Waals surface area (Å²) in [5, 5.41) is 22.1. The Bertz CT molecular complexity index is 530. The van der Waals surface area contributed by atoms with Crippen molar-refractivity contribution < 1.29 is 9.85 Å². The van der Waals surface area contributed by atoms with Crippen LogP contribution in [-0.4, -0.2) is 9.85 Å². The van der Waals surface area contributed by atoms with Gasteiger partial charge in [-0.2, -0.15) is 0 Å². The van der Waals surface area contributed by atoms with Crippen LogP contribution in [0, 0.1) is 34.1 Å². The molecule has 0 saturated heterocycles. The topological polar surface area (TPSA) is 86.3 Å². The van der Waals surface area contributed by atoms with E-state index in [0.717, 1.165) is 0 Å². The van der Waals surface area contributed by atoms with Crippen molar-refractivity contribution in [2.75, 3.05) is 0 Å². The molecular weight excluding hydrogens is 236 g/mol. The van der Waals surface area contributed by atoms with Gasteiger partial charge in [0.1, 0.15) is 5.56 Å². The number of hydrogen-bond acceptors (Lipinski definition) is 4. The van der Waals surface area contributed by atoms with Gasteiger partial charge in [0, 0.05) is 11.1 Å². The first-order valence-corrected chi connectivity index (χ1v) is 5.50.